The van der Waals surface area contributed by atoms with E-state index in [1.165, 1.54) is 0 Å². The average Bonchev–Trinajstić information content (AvgIpc) is 2.64. The van der Waals surface area contributed by atoms with Crippen LogP contribution in [0, 0.1) is 0 Å². The molecule has 0 bridgehead atoms. The Labute approximate surface area is 153 Å². The summed E-state index contributed by atoms with van der Waals surface area (Å²) in [6, 6.07) is 14.8. The molecule has 2 aromatic rings. The summed E-state index contributed by atoms with van der Waals surface area (Å²) in [6.45, 7) is 3.71. The van der Waals surface area contributed by atoms with Gasteiger partial charge in [0, 0.05) is 17.2 Å². The van der Waals surface area contributed by atoms with Crippen molar-refractivity contribution in [1.29, 1.82) is 0 Å². The van der Waals surface area contributed by atoms with Crippen LogP contribution in [0.2, 0.25) is 0 Å². The lowest BCUT2D eigenvalue weighted by atomic mass is 9.88. The fourth-order valence-electron chi connectivity index (χ4n) is 3.21. The zero-order chi connectivity index (χ0) is 18.5. The summed E-state index contributed by atoms with van der Waals surface area (Å²) >= 11 is 0. The number of amides is 1. The van der Waals surface area contributed by atoms with Gasteiger partial charge in [-0.15, -0.1) is 0 Å². The van der Waals surface area contributed by atoms with Crippen LogP contribution >= 0.6 is 0 Å². The Balaban J connectivity index is 1.74. The summed E-state index contributed by atoms with van der Waals surface area (Å²) < 4.78 is 11.2. The number of nitrogens with one attached hydrogen (secondary N) is 1. The SMILES string of the molecule is CCC[C@@H](C)NC(=O)COC(=O)C1c2ccccc2Oc2ccccc21. The number of fused-ring (bicyclic) bond motifs is 2. The number of rotatable bonds is 6. The van der Waals surface area contributed by atoms with Crippen molar-refractivity contribution in [3.05, 3.63) is 59.7 Å². The molecule has 5 heteroatoms. The molecule has 26 heavy (non-hydrogen) atoms. The molecular formula is C21H23NO4. The molecule has 0 fully saturated rings. The van der Waals surface area contributed by atoms with Crippen LogP contribution in [0.4, 0.5) is 0 Å². The minimum Gasteiger partial charge on any atom is -0.457 e. The lowest BCUT2D eigenvalue weighted by Crippen LogP contribution is -2.36. The Hall–Kier alpha value is -2.82. The van der Waals surface area contributed by atoms with E-state index in [0.29, 0.717) is 11.5 Å². The van der Waals surface area contributed by atoms with Crippen LogP contribution in [-0.4, -0.2) is 24.5 Å². The first-order valence-corrected chi connectivity index (χ1v) is 8.91. The van der Waals surface area contributed by atoms with Crippen molar-refractivity contribution in [1.82, 2.24) is 5.32 Å². The molecule has 1 heterocycles. The molecule has 136 valence electrons. The maximum absolute atomic E-state index is 12.8. The first-order chi connectivity index (χ1) is 12.6. The molecule has 0 aromatic heterocycles. The number of carbonyl (C=O) groups excluding carboxylic acids is 2. The zero-order valence-electron chi connectivity index (χ0n) is 15.0. The molecule has 0 radical (unpaired) electrons. The third kappa shape index (κ3) is 3.87. The standard InChI is InChI=1S/C21H23NO4/c1-3-8-14(2)22-19(23)13-25-21(24)20-15-9-4-6-11-17(15)26-18-12-7-5-10-16(18)20/h4-7,9-12,14,20H,3,8,13H2,1-2H3,(H,22,23)/t14-/m1/s1. The number of hydrogen-bond acceptors (Lipinski definition) is 4. The van der Waals surface area contributed by atoms with E-state index in [4.69, 9.17) is 9.47 Å². The van der Waals surface area contributed by atoms with Crippen molar-refractivity contribution in [3.8, 4) is 11.5 Å². The van der Waals surface area contributed by atoms with Crippen LogP contribution in [0.3, 0.4) is 0 Å². The fraction of sp³-hybridized carbons (Fsp3) is 0.333. The van der Waals surface area contributed by atoms with E-state index in [-0.39, 0.29) is 18.6 Å². The van der Waals surface area contributed by atoms with Gasteiger partial charge >= 0.3 is 5.97 Å². The molecule has 3 rings (SSSR count). The number of benzene rings is 2. The van der Waals surface area contributed by atoms with Crippen LogP contribution < -0.4 is 10.1 Å². The van der Waals surface area contributed by atoms with Gasteiger partial charge in [0.2, 0.25) is 0 Å². The maximum atomic E-state index is 12.8. The molecule has 5 nitrogen and oxygen atoms in total. The van der Waals surface area contributed by atoms with Gasteiger partial charge in [-0.2, -0.15) is 0 Å². The van der Waals surface area contributed by atoms with Crippen molar-refractivity contribution in [2.24, 2.45) is 0 Å². The zero-order valence-corrected chi connectivity index (χ0v) is 15.0. The number of ether oxygens (including phenoxy) is 2. The highest BCUT2D eigenvalue weighted by molar-refractivity contribution is 5.87. The average molecular weight is 353 g/mol. The predicted octanol–water partition coefficient (Wildman–Crippen LogP) is 3.77. The second-order valence-corrected chi connectivity index (χ2v) is 6.48. The van der Waals surface area contributed by atoms with E-state index in [9.17, 15) is 9.59 Å². The van der Waals surface area contributed by atoms with E-state index in [1.807, 2.05) is 55.5 Å². The molecule has 1 aliphatic heterocycles. The van der Waals surface area contributed by atoms with Crippen molar-refractivity contribution < 1.29 is 19.1 Å². The first kappa shape index (κ1) is 18.0. The van der Waals surface area contributed by atoms with Crippen molar-refractivity contribution in [2.75, 3.05) is 6.61 Å². The van der Waals surface area contributed by atoms with E-state index in [1.54, 1.807) is 0 Å². The molecule has 0 saturated carbocycles. The second kappa shape index (κ2) is 8.04. The lowest BCUT2D eigenvalue weighted by Gasteiger charge is -2.26. The van der Waals surface area contributed by atoms with Gasteiger partial charge in [-0.1, -0.05) is 49.7 Å². The molecule has 1 atom stereocenters. The van der Waals surface area contributed by atoms with E-state index in [0.717, 1.165) is 24.0 Å². The van der Waals surface area contributed by atoms with E-state index >= 15 is 0 Å². The maximum Gasteiger partial charge on any atom is 0.318 e. The Morgan fingerprint density at radius 2 is 1.65 bits per heavy atom. The quantitative estimate of drug-likeness (QED) is 0.803. The smallest absolute Gasteiger partial charge is 0.318 e. The topological polar surface area (TPSA) is 64.6 Å². The van der Waals surface area contributed by atoms with Crippen LogP contribution in [0.25, 0.3) is 0 Å². The van der Waals surface area contributed by atoms with Gasteiger partial charge in [-0.3, -0.25) is 9.59 Å². The Morgan fingerprint density at radius 3 is 2.23 bits per heavy atom. The highest BCUT2D eigenvalue weighted by Crippen LogP contribution is 2.44. The van der Waals surface area contributed by atoms with Gasteiger partial charge in [-0.05, 0) is 25.5 Å². The number of esters is 1. The molecule has 0 saturated heterocycles. The fourth-order valence-corrected chi connectivity index (χ4v) is 3.21. The molecule has 1 aliphatic rings. The van der Waals surface area contributed by atoms with E-state index < -0.39 is 11.9 Å². The molecule has 2 aromatic carbocycles. The van der Waals surface area contributed by atoms with Gasteiger partial charge in [-0.25, -0.2) is 0 Å². The van der Waals surface area contributed by atoms with Crippen molar-refractivity contribution in [2.45, 2.75) is 38.6 Å². The van der Waals surface area contributed by atoms with Gasteiger partial charge < -0.3 is 14.8 Å². The molecular weight excluding hydrogens is 330 g/mol. The van der Waals surface area contributed by atoms with Gasteiger partial charge in [0.05, 0.1) is 0 Å². The van der Waals surface area contributed by atoms with Gasteiger partial charge in [0.1, 0.15) is 17.4 Å². The molecule has 0 aliphatic carbocycles. The second-order valence-electron chi connectivity index (χ2n) is 6.48. The third-order valence-electron chi connectivity index (χ3n) is 4.39. The summed E-state index contributed by atoms with van der Waals surface area (Å²) in [5.41, 5.74) is 1.49. The monoisotopic (exact) mass is 353 g/mol. The molecule has 0 spiro atoms. The van der Waals surface area contributed by atoms with Crippen molar-refractivity contribution in [3.63, 3.8) is 0 Å². The first-order valence-electron chi connectivity index (χ1n) is 8.91. The highest BCUT2D eigenvalue weighted by atomic mass is 16.5. The highest BCUT2D eigenvalue weighted by Gasteiger charge is 2.33. The largest absolute Gasteiger partial charge is 0.457 e. The van der Waals surface area contributed by atoms with Gasteiger partial charge in [0.25, 0.3) is 5.91 Å². The van der Waals surface area contributed by atoms with Crippen molar-refractivity contribution >= 4 is 11.9 Å². The van der Waals surface area contributed by atoms with Crippen LogP contribution in [0.5, 0.6) is 11.5 Å². The molecule has 1 N–H and O–H groups in total. The van der Waals surface area contributed by atoms with Crippen LogP contribution in [0.1, 0.15) is 43.7 Å². The number of para-hydroxylation sites is 2. The van der Waals surface area contributed by atoms with Gasteiger partial charge in [0.15, 0.2) is 6.61 Å². The Morgan fingerprint density at radius 1 is 1.08 bits per heavy atom. The number of hydrogen-bond donors (Lipinski definition) is 1. The summed E-state index contributed by atoms with van der Waals surface area (Å²) in [4.78, 5) is 24.8. The summed E-state index contributed by atoms with van der Waals surface area (Å²) in [7, 11) is 0. The van der Waals surface area contributed by atoms with E-state index in [2.05, 4.69) is 12.2 Å². The molecule has 1 amide bonds. The minimum absolute atomic E-state index is 0.0655. The Kier molecular flexibility index (Phi) is 5.56. The summed E-state index contributed by atoms with van der Waals surface area (Å²) in [5, 5.41) is 2.84. The van der Waals surface area contributed by atoms with Crippen LogP contribution in [0.15, 0.2) is 48.5 Å². The summed E-state index contributed by atoms with van der Waals surface area (Å²) in [5.74, 6) is -0.0696. The number of carbonyl (C=O) groups is 2. The molecule has 0 unspecified atom stereocenters. The minimum atomic E-state index is -0.600. The van der Waals surface area contributed by atoms with Crippen LogP contribution in [-0.2, 0) is 14.3 Å². The third-order valence-corrected chi connectivity index (χ3v) is 4.39. The normalized spacial score (nSPS) is 13.8. The lowest BCUT2D eigenvalue weighted by molar-refractivity contribution is -0.149. The summed E-state index contributed by atoms with van der Waals surface area (Å²) in [6.07, 6.45) is 1.87. The Bertz CT molecular complexity index is 757. The predicted molar refractivity (Wildman–Crippen MR) is 98.3 cm³/mol.